The first-order chi connectivity index (χ1) is 6.93. The van der Waals surface area contributed by atoms with E-state index in [4.69, 9.17) is 0 Å². The minimum atomic E-state index is 1.12. The van der Waals surface area contributed by atoms with Crippen LogP contribution in [0.1, 0.15) is 45.4 Å². The molecule has 0 saturated heterocycles. The number of hydrazine groups is 1. The molecule has 0 bridgehead atoms. The van der Waals surface area contributed by atoms with Gasteiger partial charge in [0.2, 0.25) is 0 Å². The van der Waals surface area contributed by atoms with Crippen molar-refractivity contribution in [3.05, 3.63) is 24.6 Å². The van der Waals surface area contributed by atoms with E-state index in [1.807, 2.05) is 12.3 Å². The Morgan fingerprint density at radius 2 is 1.79 bits per heavy atom. The fraction of sp³-hybridized carbons (Fsp3) is 0.667. The smallest absolute Gasteiger partial charge is 0.0386 e. The van der Waals surface area contributed by atoms with Gasteiger partial charge in [-0.25, -0.2) is 0 Å². The van der Waals surface area contributed by atoms with Crippen LogP contribution in [0.2, 0.25) is 0 Å². The lowest BCUT2D eigenvalue weighted by molar-refractivity contribution is 0.303. The number of hydrogen-bond donors (Lipinski definition) is 1. The van der Waals surface area contributed by atoms with Crippen LogP contribution in [0.3, 0.4) is 0 Å². The first kappa shape index (κ1) is 11.2. The summed E-state index contributed by atoms with van der Waals surface area (Å²) in [5.41, 5.74) is 3.19. The van der Waals surface area contributed by atoms with Crippen LogP contribution in [0, 0.1) is 0 Å². The molecule has 1 rings (SSSR count). The van der Waals surface area contributed by atoms with Crippen LogP contribution < -0.4 is 5.43 Å². The Hall–Kier alpha value is -0.920. The molecule has 1 N–H and O–H groups in total. The second-order valence-electron chi connectivity index (χ2n) is 3.79. The van der Waals surface area contributed by atoms with Crippen LogP contribution in [0.5, 0.6) is 0 Å². The van der Waals surface area contributed by atoms with Gasteiger partial charge in [0.1, 0.15) is 0 Å². The Morgan fingerprint density at radius 1 is 1.00 bits per heavy atom. The Morgan fingerprint density at radius 3 is 2.50 bits per heavy atom. The van der Waals surface area contributed by atoms with Crippen LogP contribution in [0.4, 0.5) is 0 Å². The molecule has 0 amide bonds. The molecule has 0 aromatic heterocycles. The van der Waals surface area contributed by atoms with Crippen LogP contribution in [-0.2, 0) is 0 Å². The van der Waals surface area contributed by atoms with Gasteiger partial charge in [0.25, 0.3) is 0 Å². The lowest BCUT2D eigenvalue weighted by Crippen LogP contribution is -2.31. The molecule has 0 fully saturated rings. The molecule has 2 heteroatoms. The SMILES string of the molecule is CCCCCCCCN1C=CC=CN1. The minimum absolute atomic E-state index is 1.12. The van der Waals surface area contributed by atoms with Gasteiger partial charge in [-0.3, -0.25) is 5.01 Å². The Kier molecular flexibility index (Phi) is 5.96. The zero-order valence-electron chi connectivity index (χ0n) is 9.21. The quantitative estimate of drug-likeness (QED) is 0.626. The van der Waals surface area contributed by atoms with Crippen LogP contribution in [-0.4, -0.2) is 11.6 Å². The van der Waals surface area contributed by atoms with E-state index in [1.54, 1.807) is 0 Å². The lowest BCUT2D eigenvalue weighted by Gasteiger charge is -2.21. The molecule has 1 heterocycles. The Labute approximate surface area is 87.6 Å². The molecule has 0 spiro atoms. The standard InChI is InChI=1S/C12H22N2/c1-2-3-4-5-6-8-11-14-12-9-7-10-13-14/h7,9-10,12-13H,2-6,8,11H2,1H3. The Balaban J connectivity index is 1.88. The molecule has 2 nitrogen and oxygen atoms in total. The molecule has 14 heavy (non-hydrogen) atoms. The predicted molar refractivity (Wildman–Crippen MR) is 61.5 cm³/mol. The summed E-state index contributed by atoms with van der Waals surface area (Å²) in [4.78, 5) is 0. The summed E-state index contributed by atoms with van der Waals surface area (Å²) in [6, 6.07) is 0. The zero-order valence-corrected chi connectivity index (χ0v) is 9.21. The normalized spacial score (nSPS) is 14.5. The number of rotatable bonds is 7. The number of allylic oxidation sites excluding steroid dienone is 2. The third kappa shape index (κ3) is 4.95. The van der Waals surface area contributed by atoms with E-state index >= 15 is 0 Å². The summed E-state index contributed by atoms with van der Waals surface area (Å²) >= 11 is 0. The van der Waals surface area contributed by atoms with Crippen molar-refractivity contribution < 1.29 is 0 Å². The fourth-order valence-corrected chi connectivity index (χ4v) is 1.59. The maximum Gasteiger partial charge on any atom is 0.0386 e. The van der Waals surface area contributed by atoms with Crippen LogP contribution in [0.25, 0.3) is 0 Å². The summed E-state index contributed by atoms with van der Waals surface area (Å²) in [7, 11) is 0. The summed E-state index contributed by atoms with van der Waals surface area (Å²) in [5, 5.41) is 2.14. The first-order valence-electron chi connectivity index (χ1n) is 5.79. The molecule has 0 aromatic carbocycles. The van der Waals surface area contributed by atoms with E-state index in [1.165, 1.54) is 38.5 Å². The van der Waals surface area contributed by atoms with Gasteiger partial charge < -0.3 is 5.43 Å². The molecular formula is C12H22N2. The maximum atomic E-state index is 3.19. The van der Waals surface area contributed by atoms with E-state index in [2.05, 4.69) is 29.6 Å². The van der Waals surface area contributed by atoms with Gasteiger partial charge in [-0.1, -0.05) is 39.0 Å². The van der Waals surface area contributed by atoms with Gasteiger partial charge in [-0.05, 0) is 18.6 Å². The van der Waals surface area contributed by atoms with E-state index in [-0.39, 0.29) is 0 Å². The van der Waals surface area contributed by atoms with Crippen molar-refractivity contribution in [2.24, 2.45) is 0 Å². The van der Waals surface area contributed by atoms with Crippen molar-refractivity contribution in [3.8, 4) is 0 Å². The number of nitrogens with one attached hydrogen (secondary N) is 1. The molecule has 0 atom stereocenters. The summed E-state index contributed by atoms with van der Waals surface area (Å²) in [5.74, 6) is 0. The summed E-state index contributed by atoms with van der Waals surface area (Å²) < 4.78 is 0. The lowest BCUT2D eigenvalue weighted by atomic mass is 10.1. The van der Waals surface area contributed by atoms with Crippen LogP contribution in [0.15, 0.2) is 24.6 Å². The largest absolute Gasteiger partial charge is 0.306 e. The van der Waals surface area contributed by atoms with Gasteiger partial charge in [0.15, 0.2) is 0 Å². The molecule has 0 aromatic rings. The third-order valence-electron chi connectivity index (χ3n) is 2.47. The van der Waals surface area contributed by atoms with Gasteiger partial charge in [-0.15, -0.1) is 0 Å². The van der Waals surface area contributed by atoms with Crippen molar-refractivity contribution in [2.45, 2.75) is 45.4 Å². The van der Waals surface area contributed by atoms with Crippen molar-refractivity contribution in [3.63, 3.8) is 0 Å². The molecule has 0 saturated carbocycles. The van der Waals surface area contributed by atoms with Crippen molar-refractivity contribution in [2.75, 3.05) is 6.54 Å². The van der Waals surface area contributed by atoms with Crippen molar-refractivity contribution in [1.82, 2.24) is 10.4 Å². The van der Waals surface area contributed by atoms with Crippen LogP contribution >= 0.6 is 0 Å². The minimum Gasteiger partial charge on any atom is -0.306 e. The predicted octanol–water partition coefficient (Wildman–Crippen LogP) is 3.19. The average Bonchev–Trinajstić information content (AvgIpc) is 2.25. The molecule has 80 valence electrons. The number of hydrogen-bond acceptors (Lipinski definition) is 2. The zero-order chi connectivity index (χ0) is 10.1. The third-order valence-corrected chi connectivity index (χ3v) is 2.47. The fourth-order valence-electron chi connectivity index (χ4n) is 1.59. The highest BCUT2D eigenvalue weighted by Crippen LogP contribution is 2.06. The maximum absolute atomic E-state index is 3.19. The average molecular weight is 194 g/mol. The second kappa shape index (κ2) is 7.48. The van der Waals surface area contributed by atoms with E-state index in [0.29, 0.717) is 0 Å². The number of nitrogens with zero attached hydrogens (tertiary/aromatic N) is 1. The van der Waals surface area contributed by atoms with Gasteiger partial charge in [0.05, 0.1) is 0 Å². The Bertz CT molecular complexity index is 185. The van der Waals surface area contributed by atoms with Gasteiger partial charge >= 0.3 is 0 Å². The topological polar surface area (TPSA) is 15.3 Å². The molecule has 1 aliphatic heterocycles. The van der Waals surface area contributed by atoms with Crippen molar-refractivity contribution in [1.29, 1.82) is 0 Å². The van der Waals surface area contributed by atoms with E-state index < -0.39 is 0 Å². The molecule has 0 unspecified atom stereocenters. The first-order valence-corrected chi connectivity index (χ1v) is 5.79. The summed E-state index contributed by atoms with van der Waals surface area (Å²) in [6.45, 7) is 3.38. The van der Waals surface area contributed by atoms with Gasteiger partial charge in [0, 0.05) is 18.9 Å². The second-order valence-corrected chi connectivity index (χ2v) is 3.79. The van der Waals surface area contributed by atoms with E-state index in [0.717, 1.165) is 6.54 Å². The molecule has 1 aliphatic rings. The monoisotopic (exact) mass is 194 g/mol. The molecular weight excluding hydrogens is 172 g/mol. The highest BCUT2D eigenvalue weighted by atomic mass is 15.5. The summed E-state index contributed by atoms with van der Waals surface area (Å²) in [6.07, 6.45) is 16.3. The van der Waals surface area contributed by atoms with Crippen molar-refractivity contribution >= 4 is 0 Å². The molecule has 0 radical (unpaired) electrons. The number of unbranched alkanes of at least 4 members (excludes halogenated alkanes) is 5. The molecule has 0 aliphatic carbocycles. The van der Waals surface area contributed by atoms with E-state index in [9.17, 15) is 0 Å². The van der Waals surface area contributed by atoms with Gasteiger partial charge in [-0.2, -0.15) is 0 Å². The highest BCUT2D eigenvalue weighted by molar-refractivity contribution is 5.04. The highest BCUT2D eigenvalue weighted by Gasteiger charge is 1.97.